The minimum absolute atomic E-state index is 0.712. The van der Waals surface area contributed by atoms with E-state index in [1.54, 1.807) is 0 Å². The Kier molecular flexibility index (Phi) is 4.75. The average molecular weight is 361 g/mol. The van der Waals surface area contributed by atoms with Gasteiger partial charge >= 0.3 is 0 Å². The Morgan fingerprint density at radius 1 is 1.04 bits per heavy atom. The summed E-state index contributed by atoms with van der Waals surface area (Å²) in [6.45, 7) is 10.4. The minimum atomic E-state index is 0.712. The molecule has 140 valence electrons. The van der Waals surface area contributed by atoms with Crippen molar-refractivity contribution in [3.63, 3.8) is 0 Å². The van der Waals surface area contributed by atoms with Crippen LogP contribution in [0.5, 0.6) is 5.75 Å². The molecule has 0 spiro atoms. The Hall–Kier alpha value is -2.59. The molecule has 4 rings (SSSR count). The first-order valence-corrected chi connectivity index (χ1v) is 9.74. The zero-order valence-electron chi connectivity index (χ0n) is 16.6. The fourth-order valence-corrected chi connectivity index (χ4v) is 4.12. The molecule has 2 heterocycles. The third-order valence-electron chi connectivity index (χ3n) is 5.69. The molecule has 0 radical (unpaired) electrons. The Balaban J connectivity index is 1.77. The summed E-state index contributed by atoms with van der Waals surface area (Å²) in [6, 6.07) is 10.8. The molecular formula is C23H27N3O. The van der Waals surface area contributed by atoms with E-state index in [0.717, 1.165) is 25.4 Å². The number of pyridine rings is 1. The van der Waals surface area contributed by atoms with Gasteiger partial charge in [0.05, 0.1) is 5.52 Å². The van der Waals surface area contributed by atoms with Gasteiger partial charge in [-0.25, -0.2) is 0 Å². The predicted molar refractivity (Wildman–Crippen MR) is 114 cm³/mol. The Morgan fingerprint density at radius 3 is 2.63 bits per heavy atom. The van der Waals surface area contributed by atoms with Crippen LogP contribution in [-0.4, -0.2) is 40.7 Å². The molecule has 2 aromatic heterocycles. The molecule has 4 aromatic rings. The largest absolute Gasteiger partial charge is 0.492 e. The van der Waals surface area contributed by atoms with Gasteiger partial charge in [0.25, 0.3) is 0 Å². The molecule has 0 amide bonds. The summed E-state index contributed by atoms with van der Waals surface area (Å²) in [5, 5.41) is 4.95. The number of hydrogen-bond acceptors (Lipinski definition) is 3. The summed E-state index contributed by atoms with van der Waals surface area (Å²) in [5.74, 6) is 0.936. The SMILES string of the molecule is CCN(CC)CCOc1ccc2c(c1)c1cc3cnccc3c(C)c1n2C. The first-order chi connectivity index (χ1) is 13.1. The molecule has 0 unspecified atom stereocenters. The summed E-state index contributed by atoms with van der Waals surface area (Å²) in [5.41, 5.74) is 3.81. The van der Waals surface area contributed by atoms with Crippen molar-refractivity contribution in [2.45, 2.75) is 20.8 Å². The normalized spacial score (nSPS) is 11.9. The van der Waals surface area contributed by atoms with Crippen molar-refractivity contribution in [1.82, 2.24) is 14.5 Å². The maximum atomic E-state index is 6.06. The molecule has 0 fully saturated rings. The van der Waals surface area contributed by atoms with Gasteiger partial charge in [0, 0.05) is 47.7 Å². The zero-order valence-corrected chi connectivity index (χ0v) is 16.6. The summed E-state index contributed by atoms with van der Waals surface area (Å²) in [4.78, 5) is 6.68. The smallest absolute Gasteiger partial charge is 0.120 e. The van der Waals surface area contributed by atoms with Crippen LogP contribution < -0.4 is 4.74 Å². The summed E-state index contributed by atoms with van der Waals surface area (Å²) in [6.07, 6.45) is 3.82. The van der Waals surface area contributed by atoms with Crippen LogP contribution >= 0.6 is 0 Å². The van der Waals surface area contributed by atoms with E-state index in [1.807, 2.05) is 12.4 Å². The van der Waals surface area contributed by atoms with Gasteiger partial charge in [-0.15, -0.1) is 0 Å². The summed E-state index contributed by atoms with van der Waals surface area (Å²) >= 11 is 0. The third-order valence-corrected chi connectivity index (χ3v) is 5.69. The molecule has 0 N–H and O–H groups in total. The molecule has 27 heavy (non-hydrogen) atoms. The van der Waals surface area contributed by atoms with Gasteiger partial charge in [-0.1, -0.05) is 13.8 Å². The second-order valence-electron chi connectivity index (χ2n) is 7.11. The topological polar surface area (TPSA) is 30.3 Å². The molecule has 2 aromatic carbocycles. The van der Waals surface area contributed by atoms with Crippen molar-refractivity contribution in [3.05, 3.63) is 48.3 Å². The monoisotopic (exact) mass is 361 g/mol. The lowest BCUT2D eigenvalue weighted by molar-refractivity contribution is 0.223. The lowest BCUT2D eigenvalue weighted by Gasteiger charge is -2.18. The Labute approximate surface area is 160 Å². The van der Waals surface area contributed by atoms with E-state index in [2.05, 4.69) is 72.6 Å². The van der Waals surface area contributed by atoms with E-state index in [9.17, 15) is 0 Å². The predicted octanol–water partition coefficient (Wildman–Crippen LogP) is 4.91. The number of fused-ring (bicyclic) bond motifs is 4. The number of ether oxygens (including phenoxy) is 1. The van der Waals surface area contributed by atoms with E-state index >= 15 is 0 Å². The standard InChI is InChI=1S/C23H27N3O/c1-5-26(6-2)11-12-27-18-7-8-22-20(14-18)21-13-17-15-24-10-9-19(17)16(3)23(21)25(22)4/h7-10,13-15H,5-6,11-12H2,1-4H3. The zero-order chi connectivity index (χ0) is 19.0. The first kappa shape index (κ1) is 17.8. The van der Waals surface area contributed by atoms with Gasteiger partial charge < -0.3 is 14.2 Å². The van der Waals surface area contributed by atoms with Crippen molar-refractivity contribution < 1.29 is 4.74 Å². The fraction of sp³-hybridized carbons (Fsp3) is 0.348. The van der Waals surface area contributed by atoms with Crippen molar-refractivity contribution in [2.24, 2.45) is 7.05 Å². The summed E-state index contributed by atoms with van der Waals surface area (Å²) < 4.78 is 8.35. The Bertz CT molecular complexity index is 1110. The van der Waals surface area contributed by atoms with E-state index in [1.165, 1.54) is 38.1 Å². The number of aryl methyl sites for hydroxylation is 2. The Morgan fingerprint density at radius 2 is 1.85 bits per heavy atom. The van der Waals surface area contributed by atoms with Gasteiger partial charge in [-0.2, -0.15) is 0 Å². The number of hydrogen-bond donors (Lipinski definition) is 0. The van der Waals surface area contributed by atoms with Gasteiger partial charge in [0.1, 0.15) is 12.4 Å². The third kappa shape index (κ3) is 3.04. The maximum Gasteiger partial charge on any atom is 0.120 e. The van der Waals surface area contributed by atoms with Gasteiger partial charge in [-0.05, 0) is 61.3 Å². The molecular weight excluding hydrogens is 334 g/mol. The molecule has 0 atom stereocenters. The molecule has 0 saturated heterocycles. The van der Waals surface area contributed by atoms with Gasteiger partial charge in [0.15, 0.2) is 0 Å². The second kappa shape index (κ2) is 7.20. The van der Waals surface area contributed by atoms with E-state index in [4.69, 9.17) is 4.74 Å². The van der Waals surface area contributed by atoms with Crippen molar-refractivity contribution in [1.29, 1.82) is 0 Å². The van der Waals surface area contributed by atoms with Crippen LogP contribution in [0.3, 0.4) is 0 Å². The maximum absolute atomic E-state index is 6.06. The molecule has 0 aliphatic heterocycles. The van der Waals surface area contributed by atoms with Crippen LogP contribution in [0.2, 0.25) is 0 Å². The molecule has 0 aliphatic rings. The van der Waals surface area contributed by atoms with Crippen molar-refractivity contribution in [2.75, 3.05) is 26.2 Å². The van der Waals surface area contributed by atoms with Crippen LogP contribution in [0.1, 0.15) is 19.4 Å². The van der Waals surface area contributed by atoms with Gasteiger partial charge in [0.2, 0.25) is 0 Å². The molecule has 0 aliphatic carbocycles. The lowest BCUT2D eigenvalue weighted by Crippen LogP contribution is -2.27. The average Bonchev–Trinajstić information content (AvgIpc) is 2.97. The first-order valence-electron chi connectivity index (χ1n) is 9.74. The van der Waals surface area contributed by atoms with Crippen LogP contribution in [0.15, 0.2) is 42.7 Å². The number of likely N-dealkylation sites (N-methyl/N-ethyl adjacent to an activating group) is 1. The van der Waals surface area contributed by atoms with Crippen LogP contribution in [0, 0.1) is 6.92 Å². The number of benzene rings is 2. The van der Waals surface area contributed by atoms with Crippen molar-refractivity contribution >= 4 is 32.6 Å². The van der Waals surface area contributed by atoms with Crippen molar-refractivity contribution in [3.8, 4) is 5.75 Å². The minimum Gasteiger partial charge on any atom is -0.492 e. The highest BCUT2D eigenvalue weighted by atomic mass is 16.5. The molecule has 0 saturated carbocycles. The molecule has 4 nitrogen and oxygen atoms in total. The summed E-state index contributed by atoms with van der Waals surface area (Å²) in [7, 11) is 2.14. The van der Waals surface area contributed by atoms with Crippen LogP contribution in [0.4, 0.5) is 0 Å². The van der Waals surface area contributed by atoms with Gasteiger partial charge in [-0.3, -0.25) is 4.98 Å². The number of nitrogens with zero attached hydrogens (tertiary/aromatic N) is 3. The fourth-order valence-electron chi connectivity index (χ4n) is 4.12. The molecule has 0 bridgehead atoms. The quantitative estimate of drug-likeness (QED) is 0.489. The number of aromatic nitrogens is 2. The number of rotatable bonds is 6. The van der Waals surface area contributed by atoms with E-state index < -0.39 is 0 Å². The molecule has 4 heteroatoms. The highest BCUT2D eigenvalue weighted by Gasteiger charge is 2.14. The highest BCUT2D eigenvalue weighted by molar-refractivity contribution is 6.14. The van der Waals surface area contributed by atoms with Crippen LogP contribution in [0.25, 0.3) is 32.6 Å². The van der Waals surface area contributed by atoms with E-state index in [0.29, 0.717) is 6.61 Å². The highest BCUT2D eigenvalue weighted by Crippen LogP contribution is 2.36. The van der Waals surface area contributed by atoms with Crippen LogP contribution in [-0.2, 0) is 7.05 Å². The van der Waals surface area contributed by atoms with E-state index in [-0.39, 0.29) is 0 Å². The lowest BCUT2D eigenvalue weighted by atomic mass is 10.0. The second-order valence-corrected chi connectivity index (χ2v) is 7.11.